The summed E-state index contributed by atoms with van der Waals surface area (Å²) < 4.78 is 31.6. The fourth-order valence-corrected chi connectivity index (χ4v) is 6.67. The quantitative estimate of drug-likeness (QED) is 0.712. The topological polar surface area (TPSA) is 91.8 Å². The van der Waals surface area contributed by atoms with E-state index in [1.807, 2.05) is 32.0 Å². The zero-order valence-electron chi connectivity index (χ0n) is 18.2. The van der Waals surface area contributed by atoms with Crippen molar-refractivity contribution >= 4 is 39.1 Å². The number of carbonyl (C=O) groups is 1. The molecule has 170 valence electrons. The molecule has 10 heteroatoms. The van der Waals surface area contributed by atoms with Crippen molar-refractivity contribution in [1.82, 2.24) is 10.3 Å². The highest BCUT2D eigenvalue weighted by atomic mass is 35.5. The number of nitrogens with one attached hydrogen (secondary N) is 1. The van der Waals surface area contributed by atoms with E-state index in [1.54, 1.807) is 19.4 Å². The van der Waals surface area contributed by atoms with Crippen LogP contribution in [0.2, 0.25) is 5.02 Å². The van der Waals surface area contributed by atoms with E-state index in [9.17, 15) is 13.2 Å². The van der Waals surface area contributed by atoms with Crippen molar-refractivity contribution in [2.24, 2.45) is 0 Å². The van der Waals surface area contributed by atoms with Gasteiger partial charge in [0.1, 0.15) is 5.60 Å². The number of halogens is 1. The van der Waals surface area contributed by atoms with Crippen molar-refractivity contribution in [2.75, 3.05) is 29.3 Å². The van der Waals surface area contributed by atoms with Crippen LogP contribution in [-0.4, -0.2) is 50.8 Å². The highest BCUT2D eigenvalue weighted by Gasteiger charge is 2.56. The second-order valence-electron chi connectivity index (χ2n) is 9.21. The molecule has 32 heavy (non-hydrogen) atoms. The molecular weight excluding hydrogens is 452 g/mol. The van der Waals surface area contributed by atoms with Gasteiger partial charge in [-0.1, -0.05) is 17.7 Å². The Bertz CT molecular complexity index is 1220. The second-order valence-corrected chi connectivity index (χ2v) is 11.6. The van der Waals surface area contributed by atoms with E-state index in [0.717, 1.165) is 22.4 Å². The molecule has 1 aromatic carbocycles. The molecule has 0 radical (unpaired) electrons. The average Bonchev–Trinajstić information content (AvgIpc) is 3.09. The van der Waals surface area contributed by atoms with Crippen LogP contribution in [0.1, 0.15) is 32.3 Å². The Morgan fingerprint density at radius 1 is 1.19 bits per heavy atom. The van der Waals surface area contributed by atoms with Gasteiger partial charge in [-0.15, -0.1) is 0 Å². The number of carbonyl (C=O) groups excluding carboxylic acids is 1. The Hall–Kier alpha value is -2.52. The Morgan fingerprint density at radius 3 is 2.56 bits per heavy atom. The smallest absolute Gasteiger partial charge is 0.408 e. The molecule has 2 fully saturated rings. The van der Waals surface area contributed by atoms with Crippen molar-refractivity contribution in [2.45, 2.75) is 43.6 Å². The Kier molecular flexibility index (Phi) is 4.66. The molecule has 0 unspecified atom stereocenters. The highest BCUT2D eigenvalue weighted by Crippen LogP contribution is 2.45. The SMILES string of the molecule is CN1c2ccc(-c3cncc(Cl)c3N3CCC4(CC3)OC(=O)NC4(C)C)cc2CS1(=O)=O. The van der Waals surface area contributed by atoms with Crippen LogP contribution in [0.4, 0.5) is 16.2 Å². The van der Waals surface area contributed by atoms with Crippen molar-refractivity contribution in [3.05, 3.63) is 41.2 Å². The maximum absolute atomic E-state index is 12.3. The van der Waals surface area contributed by atoms with Gasteiger partial charge < -0.3 is 15.0 Å². The summed E-state index contributed by atoms with van der Waals surface area (Å²) in [6.45, 7) is 5.32. The van der Waals surface area contributed by atoms with Gasteiger partial charge in [0.2, 0.25) is 10.0 Å². The van der Waals surface area contributed by atoms with E-state index in [-0.39, 0.29) is 11.8 Å². The molecule has 4 heterocycles. The number of anilines is 2. The summed E-state index contributed by atoms with van der Waals surface area (Å²) in [7, 11) is -1.74. The van der Waals surface area contributed by atoms with Crippen LogP contribution in [0.15, 0.2) is 30.6 Å². The third-order valence-corrected chi connectivity index (χ3v) is 9.07. The number of amides is 1. The standard InChI is InChI=1S/C22H25ClN4O4S/c1-21(2)22(31-20(28)25-21)6-8-27(9-7-22)19-16(11-24-12-17(19)23)14-4-5-18-15(10-14)13-32(29,30)26(18)3/h4-5,10-12H,6-9,13H2,1-3H3,(H,25,28). The summed E-state index contributed by atoms with van der Waals surface area (Å²) in [4.78, 5) is 18.4. The van der Waals surface area contributed by atoms with Crippen LogP contribution in [0.3, 0.4) is 0 Å². The van der Waals surface area contributed by atoms with Gasteiger partial charge in [-0.05, 0) is 37.1 Å². The number of fused-ring (bicyclic) bond motifs is 1. The van der Waals surface area contributed by atoms with Gasteiger partial charge in [0.15, 0.2) is 0 Å². The van der Waals surface area contributed by atoms with Crippen LogP contribution in [-0.2, 0) is 20.5 Å². The first-order valence-electron chi connectivity index (χ1n) is 10.5. The molecule has 2 aromatic rings. The van der Waals surface area contributed by atoms with E-state index in [2.05, 4.69) is 15.2 Å². The summed E-state index contributed by atoms with van der Waals surface area (Å²) in [6.07, 6.45) is 4.36. The summed E-state index contributed by atoms with van der Waals surface area (Å²) in [5, 5.41) is 3.45. The van der Waals surface area contributed by atoms with Gasteiger partial charge in [-0.3, -0.25) is 9.29 Å². The van der Waals surface area contributed by atoms with Crippen molar-refractivity contribution in [1.29, 1.82) is 0 Å². The van der Waals surface area contributed by atoms with Crippen LogP contribution < -0.4 is 14.5 Å². The lowest BCUT2D eigenvalue weighted by atomic mass is 9.76. The first-order valence-corrected chi connectivity index (χ1v) is 12.5. The molecule has 1 aromatic heterocycles. The molecule has 0 aliphatic carbocycles. The molecule has 5 rings (SSSR count). The number of nitrogens with zero attached hydrogens (tertiary/aromatic N) is 3. The van der Waals surface area contributed by atoms with E-state index in [4.69, 9.17) is 16.3 Å². The van der Waals surface area contributed by atoms with E-state index in [1.165, 1.54) is 4.31 Å². The minimum atomic E-state index is -3.32. The predicted octanol–water partition coefficient (Wildman–Crippen LogP) is 3.54. The molecular formula is C22H25ClN4O4S. The van der Waals surface area contributed by atoms with Gasteiger partial charge in [-0.25, -0.2) is 13.2 Å². The van der Waals surface area contributed by atoms with Crippen LogP contribution in [0, 0.1) is 0 Å². The lowest BCUT2D eigenvalue weighted by Gasteiger charge is -2.45. The normalized spacial score (nSPS) is 22.6. The maximum atomic E-state index is 12.3. The van der Waals surface area contributed by atoms with Crippen molar-refractivity contribution in [3.8, 4) is 11.1 Å². The number of benzene rings is 1. The van der Waals surface area contributed by atoms with Gasteiger partial charge in [-0.2, -0.15) is 0 Å². The zero-order chi connectivity index (χ0) is 22.9. The number of rotatable bonds is 2. The number of aromatic nitrogens is 1. The van der Waals surface area contributed by atoms with Gasteiger partial charge in [0, 0.05) is 50.9 Å². The molecule has 3 aliphatic heterocycles. The lowest BCUT2D eigenvalue weighted by Crippen LogP contribution is -2.58. The number of hydrogen-bond donors (Lipinski definition) is 1. The van der Waals surface area contributed by atoms with Crippen molar-refractivity contribution < 1.29 is 17.9 Å². The van der Waals surface area contributed by atoms with Gasteiger partial charge in [0.05, 0.1) is 27.7 Å². The number of piperidine rings is 1. The molecule has 3 aliphatic rings. The van der Waals surface area contributed by atoms with E-state index >= 15 is 0 Å². The number of ether oxygens (including phenoxy) is 1. The molecule has 0 bridgehead atoms. The molecule has 1 amide bonds. The van der Waals surface area contributed by atoms with Crippen LogP contribution >= 0.6 is 11.6 Å². The van der Waals surface area contributed by atoms with E-state index in [0.29, 0.717) is 36.6 Å². The number of sulfonamides is 1. The summed E-state index contributed by atoms with van der Waals surface area (Å²) >= 11 is 6.62. The number of alkyl carbamates (subject to hydrolysis) is 1. The Labute approximate surface area is 192 Å². The Balaban J connectivity index is 1.48. The molecule has 1 N–H and O–H groups in total. The molecule has 0 atom stereocenters. The van der Waals surface area contributed by atoms with Gasteiger partial charge in [0.25, 0.3) is 0 Å². The van der Waals surface area contributed by atoms with Crippen molar-refractivity contribution in [3.63, 3.8) is 0 Å². The summed E-state index contributed by atoms with van der Waals surface area (Å²) in [6, 6.07) is 5.64. The summed E-state index contributed by atoms with van der Waals surface area (Å²) in [5.74, 6) is -0.0182. The largest absolute Gasteiger partial charge is 0.440 e. The third kappa shape index (κ3) is 3.13. The minimum Gasteiger partial charge on any atom is -0.440 e. The second kappa shape index (κ2) is 6.99. The molecule has 1 spiro atoms. The summed E-state index contributed by atoms with van der Waals surface area (Å²) in [5.41, 5.74) is 3.05. The zero-order valence-corrected chi connectivity index (χ0v) is 19.8. The van der Waals surface area contributed by atoms with Crippen LogP contribution in [0.5, 0.6) is 0 Å². The Morgan fingerprint density at radius 2 is 1.91 bits per heavy atom. The lowest BCUT2D eigenvalue weighted by molar-refractivity contribution is -0.00958. The average molecular weight is 477 g/mol. The predicted molar refractivity (Wildman–Crippen MR) is 124 cm³/mol. The third-order valence-electron chi connectivity index (χ3n) is 7.09. The minimum absolute atomic E-state index is 0.0182. The first kappa shape index (κ1) is 21.3. The fraction of sp³-hybridized carbons (Fsp3) is 0.455. The first-order chi connectivity index (χ1) is 15.0. The highest BCUT2D eigenvalue weighted by molar-refractivity contribution is 7.92. The molecule has 2 saturated heterocycles. The number of hydrogen-bond acceptors (Lipinski definition) is 6. The van der Waals surface area contributed by atoms with Gasteiger partial charge >= 0.3 is 6.09 Å². The fourth-order valence-electron chi connectivity index (χ4n) is 5.10. The number of pyridine rings is 1. The molecule has 8 nitrogen and oxygen atoms in total. The van der Waals surface area contributed by atoms with Crippen LogP contribution in [0.25, 0.3) is 11.1 Å². The maximum Gasteiger partial charge on any atom is 0.408 e. The van der Waals surface area contributed by atoms with E-state index < -0.39 is 21.2 Å². The monoisotopic (exact) mass is 476 g/mol. The molecule has 0 saturated carbocycles.